The number of hydrogen-bond donors (Lipinski definition) is 2. The maximum absolute atomic E-state index is 11.6. The van der Waals surface area contributed by atoms with E-state index >= 15 is 0 Å². The number of rotatable bonds is 4. The molecule has 0 bridgehead atoms. The number of hydrogen-bond acceptors (Lipinski definition) is 4. The minimum atomic E-state index is -5.91. The molecule has 0 aromatic rings. The average Bonchev–Trinajstić information content (AvgIpc) is 1.98. The van der Waals surface area contributed by atoms with E-state index in [1.165, 1.54) is 0 Å². The maximum Gasteiger partial charge on any atom is 0.511 e. The van der Waals surface area contributed by atoms with Gasteiger partial charge in [0.2, 0.25) is 0 Å². The number of nitrogens with one attached hydrogen (secondary N) is 2. The van der Waals surface area contributed by atoms with Crippen LogP contribution < -0.4 is 9.44 Å². The molecule has 0 rings (SSSR count). The SMILES string of the molecule is O=S(=O)(NCNS(=O)(=O)C(F)(F)F)C(F)(F)F. The molecule has 0 heterocycles. The van der Waals surface area contributed by atoms with Crippen LogP contribution in [0.3, 0.4) is 0 Å². The van der Waals surface area contributed by atoms with Gasteiger partial charge in [-0.25, -0.2) is 16.8 Å². The second-order valence-electron chi connectivity index (χ2n) is 2.36. The first kappa shape index (κ1) is 16.4. The topological polar surface area (TPSA) is 92.3 Å². The number of halogens is 6. The lowest BCUT2D eigenvalue weighted by Gasteiger charge is -2.11. The molecule has 0 amide bonds. The van der Waals surface area contributed by atoms with Gasteiger partial charge in [0, 0.05) is 0 Å². The van der Waals surface area contributed by atoms with Crippen LogP contribution >= 0.6 is 0 Å². The summed E-state index contributed by atoms with van der Waals surface area (Å²) in [5, 5.41) is 0. The fourth-order valence-corrected chi connectivity index (χ4v) is 1.33. The van der Waals surface area contributed by atoms with Crippen LogP contribution in [0.25, 0.3) is 0 Å². The first-order valence-electron chi connectivity index (χ1n) is 3.32. The zero-order chi connectivity index (χ0) is 14.1. The van der Waals surface area contributed by atoms with Gasteiger partial charge in [-0.2, -0.15) is 35.8 Å². The molecule has 0 spiro atoms. The van der Waals surface area contributed by atoms with Crippen molar-refractivity contribution in [1.82, 2.24) is 9.44 Å². The summed E-state index contributed by atoms with van der Waals surface area (Å²) in [6.45, 7) is -1.77. The molecule has 0 saturated carbocycles. The van der Waals surface area contributed by atoms with Crippen LogP contribution in [0.5, 0.6) is 0 Å². The quantitative estimate of drug-likeness (QED) is 0.557. The Kier molecular flexibility index (Phi) is 4.42. The molecule has 2 N–H and O–H groups in total. The van der Waals surface area contributed by atoms with Crippen molar-refractivity contribution in [3.8, 4) is 0 Å². The summed E-state index contributed by atoms with van der Waals surface area (Å²) in [4.78, 5) is 0. The van der Waals surface area contributed by atoms with Gasteiger partial charge in [-0.05, 0) is 0 Å². The van der Waals surface area contributed by atoms with Gasteiger partial charge in [0.15, 0.2) is 0 Å². The van der Waals surface area contributed by atoms with E-state index in [0.717, 1.165) is 0 Å². The molecule has 0 aromatic carbocycles. The highest BCUT2D eigenvalue weighted by Gasteiger charge is 2.48. The largest absolute Gasteiger partial charge is 0.511 e. The molecule has 17 heavy (non-hydrogen) atoms. The van der Waals surface area contributed by atoms with Crippen LogP contribution in [-0.2, 0) is 20.0 Å². The van der Waals surface area contributed by atoms with Gasteiger partial charge in [0.05, 0.1) is 6.67 Å². The van der Waals surface area contributed by atoms with Crippen molar-refractivity contribution in [2.24, 2.45) is 0 Å². The Labute approximate surface area is 91.1 Å². The molecule has 14 heteroatoms. The summed E-state index contributed by atoms with van der Waals surface area (Å²) in [6.07, 6.45) is 0. The van der Waals surface area contributed by atoms with E-state index in [4.69, 9.17) is 0 Å². The summed E-state index contributed by atoms with van der Waals surface area (Å²) in [5.41, 5.74) is -11.5. The lowest BCUT2D eigenvalue weighted by atomic mass is 11.3. The van der Waals surface area contributed by atoms with Crippen LogP contribution in [-0.4, -0.2) is 34.5 Å². The molecular formula is C3H4F6N2O4S2. The molecule has 0 radical (unpaired) electrons. The highest BCUT2D eigenvalue weighted by molar-refractivity contribution is 7.91. The van der Waals surface area contributed by atoms with E-state index in [0.29, 0.717) is 9.44 Å². The summed E-state index contributed by atoms with van der Waals surface area (Å²) < 4.78 is 112. The third-order valence-electron chi connectivity index (χ3n) is 1.13. The van der Waals surface area contributed by atoms with E-state index in [-0.39, 0.29) is 0 Å². The molecule has 0 aliphatic carbocycles. The molecule has 6 nitrogen and oxygen atoms in total. The minimum Gasteiger partial charge on any atom is -0.203 e. The monoisotopic (exact) mass is 310 g/mol. The molecule has 0 atom stereocenters. The second kappa shape index (κ2) is 4.58. The molecule has 0 aliphatic rings. The first-order chi connectivity index (χ1) is 7.21. The van der Waals surface area contributed by atoms with E-state index in [1.807, 2.05) is 0 Å². The van der Waals surface area contributed by atoms with Crippen LogP contribution in [0.1, 0.15) is 0 Å². The highest BCUT2D eigenvalue weighted by atomic mass is 32.2. The predicted octanol–water partition coefficient (Wildman–Crippen LogP) is -0.178. The van der Waals surface area contributed by atoms with E-state index < -0.39 is 37.7 Å². The average molecular weight is 310 g/mol. The Morgan fingerprint density at radius 2 is 0.941 bits per heavy atom. The van der Waals surface area contributed by atoms with Crippen molar-refractivity contribution in [3.05, 3.63) is 0 Å². The van der Waals surface area contributed by atoms with Gasteiger partial charge in [0.25, 0.3) is 0 Å². The third kappa shape index (κ3) is 4.29. The fourth-order valence-electron chi connectivity index (χ4n) is 0.383. The van der Waals surface area contributed by atoms with Crippen LogP contribution in [0, 0.1) is 0 Å². The Hall–Kier alpha value is -0.600. The maximum atomic E-state index is 11.6. The van der Waals surface area contributed by atoms with Crippen molar-refractivity contribution in [3.63, 3.8) is 0 Å². The molecular weight excluding hydrogens is 306 g/mol. The lowest BCUT2D eigenvalue weighted by Crippen LogP contribution is -2.46. The van der Waals surface area contributed by atoms with Gasteiger partial charge in [0.1, 0.15) is 0 Å². The minimum absolute atomic E-state index is 0.584. The van der Waals surface area contributed by atoms with Crippen LogP contribution in [0.2, 0.25) is 0 Å². The van der Waals surface area contributed by atoms with E-state index in [1.54, 1.807) is 0 Å². The summed E-state index contributed by atoms with van der Waals surface area (Å²) in [5.74, 6) is 0. The van der Waals surface area contributed by atoms with Crippen molar-refractivity contribution in [2.45, 2.75) is 11.0 Å². The Morgan fingerprint density at radius 1 is 0.706 bits per heavy atom. The number of sulfonamides is 2. The second-order valence-corrected chi connectivity index (χ2v) is 5.88. The van der Waals surface area contributed by atoms with Gasteiger partial charge < -0.3 is 0 Å². The summed E-state index contributed by atoms with van der Waals surface area (Å²) in [6, 6.07) is 0. The van der Waals surface area contributed by atoms with Gasteiger partial charge in [-0.15, -0.1) is 0 Å². The smallest absolute Gasteiger partial charge is 0.203 e. The third-order valence-corrected chi connectivity index (χ3v) is 3.40. The van der Waals surface area contributed by atoms with E-state index in [9.17, 15) is 43.2 Å². The lowest BCUT2D eigenvalue weighted by molar-refractivity contribution is -0.0452. The first-order valence-corrected chi connectivity index (χ1v) is 6.29. The molecule has 0 unspecified atom stereocenters. The fraction of sp³-hybridized carbons (Fsp3) is 1.00. The Bertz CT molecular complexity index is 416. The van der Waals surface area contributed by atoms with Crippen molar-refractivity contribution >= 4 is 20.0 Å². The zero-order valence-corrected chi connectivity index (χ0v) is 9.06. The van der Waals surface area contributed by atoms with Gasteiger partial charge in [-0.3, -0.25) is 0 Å². The van der Waals surface area contributed by atoms with Gasteiger partial charge >= 0.3 is 31.1 Å². The normalized spacial score (nSPS) is 14.9. The molecule has 104 valence electrons. The Balaban J connectivity index is 4.58. The highest BCUT2D eigenvalue weighted by Crippen LogP contribution is 2.22. The van der Waals surface area contributed by atoms with Crippen LogP contribution in [0.4, 0.5) is 26.3 Å². The van der Waals surface area contributed by atoms with Crippen LogP contribution in [0.15, 0.2) is 0 Å². The molecule has 0 fully saturated rings. The number of alkyl halides is 6. The molecule has 0 saturated heterocycles. The van der Waals surface area contributed by atoms with Crippen molar-refractivity contribution in [1.29, 1.82) is 0 Å². The summed E-state index contributed by atoms with van der Waals surface area (Å²) in [7, 11) is -11.8. The molecule has 0 aromatic heterocycles. The predicted molar refractivity (Wildman–Crippen MR) is 41.1 cm³/mol. The standard InChI is InChI=1S/C3H4F6N2O4S2/c4-2(5,6)16(12,13)10-1-11-17(14,15)3(7,8)9/h10-11H,1H2. The zero-order valence-electron chi connectivity index (χ0n) is 7.42. The summed E-state index contributed by atoms with van der Waals surface area (Å²) >= 11 is 0. The Morgan fingerprint density at radius 3 is 1.12 bits per heavy atom. The van der Waals surface area contributed by atoms with Crippen molar-refractivity contribution < 1.29 is 43.2 Å². The van der Waals surface area contributed by atoms with Crippen molar-refractivity contribution in [2.75, 3.05) is 6.67 Å². The molecule has 0 aliphatic heterocycles. The van der Waals surface area contributed by atoms with E-state index in [2.05, 4.69) is 0 Å². The van der Waals surface area contributed by atoms with Gasteiger partial charge in [-0.1, -0.05) is 0 Å².